The minimum Gasteiger partial charge on any atom is -0.454 e. The van der Waals surface area contributed by atoms with Gasteiger partial charge in [-0.05, 0) is 30.5 Å². The van der Waals surface area contributed by atoms with Crippen molar-refractivity contribution in [2.24, 2.45) is 5.92 Å². The van der Waals surface area contributed by atoms with Crippen molar-refractivity contribution in [3.63, 3.8) is 0 Å². The Labute approximate surface area is 103 Å². The standard InChI is InChI=1S/C12H10Cl2O2/c13-9-2-1-8(5-10(9)14)12-4-3-7(6-12)11(15)16-12/h1-2,5,7H,3-4,6H2/t7-,12+/m0/s1. The summed E-state index contributed by atoms with van der Waals surface area (Å²) in [7, 11) is 0. The predicted octanol–water partition coefficient (Wildman–Crippen LogP) is 3.55. The van der Waals surface area contributed by atoms with Crippen LogP contribution in [0.25, 0.3) is 0 Å². The highest BCUT2D eigenvalue weighted by atomic mass is 35.5. The first-order valence-corrected chi connectivity index (χ1v) is 6.05. The second-order valence-electron chi connectivity index (χ2n) is 4.48. The molecule has 0 radical (unpaired) electrons. The van der Waals surface area contributed by atoms with Gasteiger partial charge in [-0.1, -0.05) is 29.3 Å². The van der Waals surface area contributed by atoms with Gasteiger partial charge in [0, 0.05) is 6.42 Å². The van der Waals surface area contributed by atoms with Gasteiger partial charge in [0.15, 0.2) is 0 Å². The van der Waals surface area contributed by atoms with Crippen LogP contribution in [0, 0.1) is 5.92 Å². The lowest BCUT2D eigenvalue weighted by molar-refractivity contribution is -0.156. The molecule has 4 heteroatoms. The first kappa shape index (κ1) is 10.4. The van der Waals surface area contributed by atoms with Gasteiger partial charge in [0.25, 0.3) is 0 Å². The van der Waals surface area contributed by atoms with E-state index >= 15 is 0 Å². The zero-order valence-electron chi connectivity index (χ0n) is 8.50. The van der Waals surface area contributed by atoms with Gasteiger partial charge in [0.1, 0.15) is 5.60 Å². The molecule has 0 spiro atoms. The molecule has 3 rings (SSSR count). The average Bonchev–Trinajstić information content (AvgIpc) is 2.80. The summed E-state index contributed by atoms with van der Waals surface area (Å²) < 4.78 is 5.49. The lowest BCUT2D eigenvalue weighted by Gasteiger charge is -2.27. The lowest BCUT2D eigenvalue weighted by atomic mass is 9.92. The van der Waals surface area contributed by atoms with Gasteiger partial charge < -0.3 is 4.74 Å². The smallest absolute Gasteiger partial charge is 0.309 e. The van der Waals surface area contributed by atoms with E-state index in [1.807, 2.05) is 12.1 Å². The maximum atomic E-state index is 11.5. The van der Waals surface area contributed by atoms with E-state index in [0.29, 0.717) is 10.0 Å². The number of carbonyl (C=O) groups is 1. The van der Waals surface area contributed by atoms with E-state index < -0.39 is 5.60 Å². The average molecular weight is 257 g/mol. The normalized spacial score (nSPS) is 31.9. The van der Waals surface area contributed by atoms with Gasteiger partial charge in [-0.15, -0.1) is 0 Å². The molecule has 2 fully saturated rings. The molecule has 2 nitrogen and oxygen atoms in total. The zero-order valence-corrected chi connectivity index (χ0v) is 10.0. The molecule has 1 saturated heterocycles. The van der Waals surface area contributed by atoms with E-state index in [9.17, 15) is 4.79 Å². The topological polar surface area (TPSA) is 26.3 Å². The fourth-order valence-electron chi connectivity index (χ4n) is 2.68. The monoisotopic (exact) mass is 256 g/mol. The molecule has 1 aliphatic heterocycles. The zero-order chi connectivity index (χ0) is 11.3. The molecule has 1 saturated carbocycles. The summed E-state index contributed by atoms with van der Waals surface area (Å²) in [4.78, 5) is 11.5. The van der Waals surface area contributed by atoms with Crippen molar-refractivity contribution in [3.05, 3.63) is 33.8 Å². The van der Waals surface area contributed by atoms with Crippen molar-refractivity contribution in [2.75, 3.05) is 0 Å². The first-order valence-electron chi connectivity index (χ1n) is 5.29. The number of hydrogen-bond donors (Lipinski definition) is 0. The first-order chi connectivity index (χ1) is 7.61. The van der Waals surface area contributed by atoms with E-state index in [1.54, 1.807) is 6.07 Å². The summed E-state index contributed by atoms with van der Waals surface area (Å²) in [6.07, 6.45) is 2.59. The van der Waals surface area contributed by atoms with Crippen LogP contribution in [0.15, 0.2) is 18.2 Å². The molecule has 16 heavy (non-hydrogen) atoms. The van der Waals surface area contributed by atoms with Gasteiger partial charge in [0.05, 0.1) is 16.0 Å². The lowest BCUT2D eigenvalue weighted by Crippen LogP contribution is -2.25. The number of halogens is 2. The summed E-state index contributed by atoms with van der Waals surface area (Å²) in [5, 5.41) is 1.04. The highest BCUT2D eigenvalue weighted by Gasteiger charge is 2.53. The number of hydrogen-bond acceptors (Lipinski definition) is 2. The van der Waals surface area contributed by atoms with Gasteiger partial charge in [-0.25, -0.2) is 0 Å². The molecule has 0 amide bonds. The molecule has 0 unspecified atom stereocenters. The summed E-state index contributed by atoms with van der Waals surface area (Å²) in [5.41, 5.74) is 0.533. The van der Waals surface area contributed by atoms with Crippen LogP contribution in [-0.2, 0) is 15.1 Å². The number of fused-ring (bicyclic) bond motifs is 2. The molecule has 2 atom stereocenters. The van der Waals surface area contributed by atoms with Crippen molar-refractivity contribution in [2.45, 2.75) is 24.9 Å². The number of ether oxygens (including phenoxy) is 1. The largest absolute Gasteiger partial charge is 0.454 e. The van der Waals surface area contributed by atoms with Crippen LogP contribution in [0.4, 0.5) is 0 Å². The SMILES string of the molecule is O=C1O[C@]2(c3ccc(Cl)c(Cl)c3)CC[C@H]1C2. The molecular weight excluding hydrogens is 247 g/mol. The fraction of sp³-hybridized carbons (Fsp3) is 0.417. The Morgan fingerprint density at radius 1 is 1.31 bits per heavy atom. The molecular formula is C12H10Cl2O2. The van der Waals surface area contributed by atoms with E-state index in [-0.39, 0.29) is 11.9 Å². The highest BCUT2D eigenvalue weighted by Crippen LogP contribution is 2.52. The Hall–Kier alpha value is -0.730. The summed E-state index contributed by atoms with van der Waals surface area (Å²) >= 11 is 11.9. The Balaban J connectivity index is 2.04. The second kappa shape index (κ2) is 3.38. The maximum Gasteiger partial charge on any atom is 0.309 e. The van der Waals surface area contributed by atoms with Crippen molar-refractivity contribution in [1.82, 2.24) is 0 Å². The fourth-order valence-corrected chi connectivity index (χ4v) is 2.98. The Kier molecular flexibility index (Phi) is 2.20. The summed E-state index contributed by atoms with van der Waals surface area (Å²) in [6.45, 7) is 0. The van der Waals surface area contributed by atoms with Crippen LogP contribution in [0.3, 0.4) is 0 Å². The molecule has 1 aliphatic carbocycles. The minimum absolute atomic E-state index is 0.0719. The Morgan fingerprint density at radius 2 is 2.12 bits per heavy atom. The van der Waals surface area contributed by atoms with Crippen molar-refractivity contribution in [3.8, 4) is 0 Å². The quantitative estimate of drug-likeness (QED) is 0.719. The van der Waals surface area contributed by atoms with E-state index in [0.717, 1.165) is 24.8 Å². The van der Waals surface area contributed by atoms with Gasteiger partial charge in [-0.2, -0.15) is 0 Å². The molecule has 0 N–H and O–H groups in total. The third-order valence-electron chi connectivity index (χ3n) is 3.55. The van der Waals surface area contributed by atoms with Gasteiger partial charge in [0.2, 0.25) is 0 Å². The molecule has 2 aliphatic rings. The molecule has 2 bridgehead atoms. The van der Waals surface area contributed by atoms with Crippen LogP contribution in [0.5, 0.6) is 0 Å². The van der Waals surface area contributed by atoms with E-state index in [1.165, 1.54) is 0 Å². The molecule has 84 valence electrons. The molecule has 1 aromatic carbocycles. The Bertz CT molecular complexity index is 472. The van der Waals surface area contributed by atoms with Crippen LogP contribution in [0.1, 0.15) is 24.8 Å². The second-order valence-corrected chi connectivity index (χ2v) is 5.30. The Morgan fingerprint density at radius 3 is 2.69 bits per heavy atom. The third-order valence-corrected chi connectivity index (χ3v) is 4.29. The third kappa shape index (κ3) is 1.36. The number of carbonyl (C=O) groups excluding carboxylic acids is 1. The van der Waals surface area contributed by atoms with Gasteiger partial charge >= 0.3 is 5.97 Å². The molecule has 0 aromatic heterocycles. The summed E-state index contributed by atoms with van der Waals surface area (Å²) in [6, 6.07) is 5.47. The van der Waals surface area contributed by atoms with Crippen molar-refractivity contribution >= 4 is 29.2 Å². The number of rotatable bonds is 1. The van der Waals surface area contributed by atoms with Crippen LogP contribution in [-0.4, -0.2) is 5.97 Å². The highest BCUT2D eigenvalue weighted by molar-refractivity contribution is 6.42. The van der Waals surface area contributed by atoms with E-state index in [2.05, 4.69) is 0 Å². The van der Waals surface area contributed by atoms with Gasteiger partial charge in [-0.3, -0.25) is 4.79 Å². The van der Waals surface area contributed by atoms with Crippen LogP contribution >= 0.6 is 23.2 Å². The van der Waals surface area contributed by atoms with Crippen LogP contribution in [0.2, 0.25) is 10.0 Å². The maximum absolute atomic E-state index is 11.5. The molecule has 1 heterocycles. The summed E-state index contributed by atoms with van der Waals surface area (Å²) in [5.74, 6) is 0.00627. The van der Waals surface area contributed by atoms with Crippen LogP contribution < -0.4 is 0 Å². The van der Waals surface area contributed by atoms with Crippen molar-refractivity contribution in [1.29, 1.82) is 0 Å². The van der Waals surface area contributed by atoms with Crippen molar-refractivity contribution < 1.29 is 9.53 Å². The molecule has 1 aromatic rings. The number of benzene rings is 1. The number of esters is 1. The van der Waals surface area contributed by atoms with E-state index in [4.69, 9.17) is 27.9 Å². The predicted molar refractivity (Wildman–Crippen MR) is 61.6 cm³/mol. The minimum atomic E-state index is -0.435.